The van der Waals surface area contributed by atoms with Crippen LogP contribution in [0.5, 0.6) is 0 Å². The van der Waals surface area contributed by atoms with Gasteiger partial charge in [0.25, 0.3) is 0 Å². The molecule has 0 bridgehead atoms. The molecular weight excluding hydrogens is 507 g/mol. The fourth-order valence-electron chi connectivity index (χ4n) is 6.16. The Morgan fingerprint density at radius 3 is 2.74 bits per heavy atom. The number of halogens is 3. The fraction of sp³-hybridized carbons (Fsp3) is 0.393. The summed E-state index contributed by atoms with van der Waals surface area (Å²) in [6.07, 6.45) is 2.91. The molecule has 39 heavy (non-hydrogen) atoms. The average molecular weight is 538 g/mol. The number of nitrogens with zero attached hydrogens (tertiary/aromatic N) is 4. The van der Waals surface area contributed by atoms with E-state index in [1.807, 2.05) is 30.5 Å². The van der Waals surface area contributed by atoms with Crippen molar-refractivity contribution in [1.82, 2.24) is 20.1 Å². The lowest BCUT2D eigenvalue weighted by Crippen LogP contribution is -2.52. The highest BCUT2D eigenvalue weighted by Gasteiger charge is 2.46. The number of aliphatic imine (C=N–C) groups is 1. The van der Waals surface area contributed by atoms with E-state index in [4.69, 9.17) is 5.73 Å². The van der Waals surface area contributed by atoms with E-state index in [-0.39, 0.29) is 23.8 Å². The molecule has 1 amide bonds. The minimum atomic E-state index is -4.42. The summed E-state index contributed by atoms with van der Waals surface area (Å²) in [5.74, 6) is 1.44. The van der Waals surface area contributed by atoms with Crippen molar-refractivity contribution in [3.63, 3.8) is 0 Å². The molecular formula is C28H30F3N7O. The number of hydrogen-bond acceptors (Lipinski definition) is 7. The van der Waals surface area contributed by atoms with Crippen molar-refractivity contribution < 1.29 is 18.0 Å². The summed E-state index contributed by atoms with van der Waals surface area (Å²) < 4.78 is 39.0. The van der Waals surface area contributed by atoms with Crippen LogP contribution in [0.4, 0.5) is 19.0 Å². The van der Waals surface area contributed by atoms with Gasteiger partial charge in [0.1, 0.15) is 23.5 Å². The van der Waals surface area contributed by atoms with Crippen LogP contribution in [0.1, 0.15) is 42.9 Å². The Kier molecular flexibility index (Phi) is 6.23. The lowest BCUT2D eigenvalue weighted by atomic mass is 9.87. The number of anilines is 1. The molecule has 2 saturated heterocycles. The number of pyridine rings is 1. The maximum atomic E-state index is 13.0. The molecule has 4 aliphatic rings. The van der Waals surface area contributed by atoms with E-state index in [1.165, 1.54) is 0 Å². The van der Waals surface area contributed by atoms with Gasteiger partial charge < -0.3 is 26.2 Å². The molecule has 4 aliphatic heterocycles. The number of benzene rings is 1. The van der Waals surface area contributed by atoms with Crippen molar-refractivity contribution in [2.75, 3.05) is 11.9 Å². The van der Waals surface area contributed by atoms with Crippen molar-refractivity contribution in [2.45, 2.75) is 51.1 Å². The number of aromatic nitrogens is 1. The highest BCUT2D eigenvalue weighted by molar-refractivity contribution is 6.05. The molecule has 2 fully saturated rings. The van der Waals surface area contributed by atoms with Crippen molar-refractivity contribution in [1.29, 1.82) is 0 Å². The number of fused-ring (bicyclic) bond motifs is 2. The summed E-state index contributed by atoms with van der Waals surface area (Å²) in [6, 6.07) is 10.0. The van der Waals surface area contributed by atoms with Gasteiger partial charge in [0.15, 0.2) is 0 Å². The van der Waals surface area contributed by atoms with Crippen LogP contribution in [0, 0.1) is 11.8 Å². The molecule has 6 rings (SSSR count). The van der Waals surface area contributed by atoms with Gasteiger partial charge in [0.05, 0.1) is 11.3 Å². The number of nitrogens with two attached hydrogens (primary N) is 1. The van der Waals surface area contributed by atoms with Crippen molar-refractivity contribution >= 4 is 23.3 Å². The molecule has 1 aromatic carbocycles. The number of hydrogen-bond donors (Lipinski definition) is 3. The summed E-state index contributed by atoms with van der Waals surface area (Å²) in [6.45, 7) is 3.19. The summed E-state index contributed by atoms with van der Waals surface area (Å²) in [7, 11) is 0. The zero-order valence-electron chi connectivity index (χ0n) is 21.4. The van der Waals surface area contributed by atoms with Crippen molar-refractivity contribution in [3.8, 4) is 0 Å². The maximum Gasteiger partial charge on any atom is 0.416 e. The topological polar surface area (TPSA) is 98.9 Å². The van der Waals surface area contributed by atoms with Gasteiger partial charge in [-0.05, 0) is 42.0 Å². The molecule has 0 saturated carbocycles. The van der Waals surface area contributed by atoms with Crippen LogP contribution in [0.3, 0.4) is 0 Å². The second-order valence-electron chi connectivity index (χ2n) is 10.6. The molecule has 8 nitrogen and oxygen atoms in total. The lowest BCUT2D eigenvalue weighted by Gasteiger charge is -2.41. The molecule has 2 aromatic rings. The third-order valence-electron chi connectivity index (χ3n) is 8.16. The molecule has 0 spiro atoms. The Morgan fingerprint density at radius 1 is 1.18 bits per heavy atom. The van der Waals surface area contributed by atoms with E-state index in [0.717, 1.165) is 53.7 Å². The zero-order chi connectivity index (χ0) is 27.3. The van der Waals surface area contributed by atoms with E-state index in [9.17, 15) is 18.0 Å². The summed E-state index contributed by atoms with van der Waals surface area (Å²) in [4.78, 5) is 25.1. The van der Waals surface area contributed by atoms with Gasteiger partial charge in [0.2, 0.25) is 5.91 Å². The number of carbonyl (C=O) groups excluding carboxylic acids is 1. The van der Waals surface area contributed by atoms with Gasteiger partial charge in [-0.3, -0.25) is 4.79 Å². The van der Waals surface area contributed by atoms with Crippen LogP contribution in [-0.2, 0) is 17.5 Å². The van der Waals surface area contributed by atoms with Crippen LogP contribution in [0.15, 0.2) is 65.7 Å². The van der Waals surface area contributed by atoms with Crippen molar-refractivity contribution in [2.24, 2.45) is 22.6 Å². The van der Waals surface area contributed by atoms with Crippen LogP contribution in [0.25, 0.3) is 5.70 Å². The minimum Gasteiger partial charge on any atom is -0.382 e. The van der Waals surface area contributed by atoms with Crippen molar-refractivity contribution in [3.05, 3.63) is 77.4 Å². The number of alkyl halides is 3. The number of piperidine rings is 1. The standard InChI is InChI=1S/C28H30F3N7O/c1-16-12-23(39)38-15-19(6-7-21(16)38)27-36-24(25-26(32)34-10-11-37(25)27)18-4-2-17(3-5-18)14-35-22-13-20(8-9-33-22)28(29,30)31/h2-5,8-11,13,16,19,21,27,36H,6-7,12,14-15H2,1H3,(H2,32,34)(H,33,35)/t16-,19-,21?,27?/m1/s1. The Labute approximate surface area is 224 Å². The summed E-state index contributed by atoms with van der Waals surface area (Å²) >= 11 is 0. The fourth-order valence-corrected chi connectivity index (χ4v) is 6.16. The lowest BCUT2D eigenvalue weighted by molar-refractivity contribution is -0.137. The molecule has 0 radical (unpaired) electrons. The minimum absolute atomic E-state index is 0.0571. The van der Waals surface area contributed by atoms with Gasteiger partial charge in [-0.25, -0.2) is 9.98 Å². The molecule has 1 aromatic heterocycles. The Balaban J connectivity index is 1.18. The molecule has 4 atom stereocenters. The molecule has 0 aliphatic carbocycles. The van der Waals surface area contributed by atoms with E-state index < -0.39 is 11.7 Å². The second-order valence-corrected chi connectivity index (χ2v) is 10.6. The van der Waals surface area contributed by atoms with E-state index in [2.05, 4.69) is 37.3 Å². The average Bonchev–Trinajstić information content (AvgIpc) is 3.45. The Morgan fingerprint density at radius 2 is 1.97 bits per heavy atom. The SMILES string of the molecule is C[C@@H]1CC(=O)N2C[C@H](C3NC(c4ccc(CNc5cc(C(F)(F)F)ccn5)cc4)=C4C(N)=NC=CN43)CCC12. The largest absolute Gasteiger partial charge is 0.416 e. The smallest absolute Gasteiger partial charge is 0.382 e. The normalized spacial score (nSPS) is 26.4. The van der Waals surface area contributed by atoms with Gasteiger partial charge in [-0.15, -0.1) is 0 Å². The van der Waals surface area contributed by atoms with Gasteiger partial charge >= 0.3 is 6.18 Å². The predicted molar refractivity (Wildman–Crippen MR) is 141 cm³/mol. The predicted octanol–water partition coefficient (Wildman–Crippen LogP) is 4.10. The van der Waals surface area contributed by atoms with Gasteiger partial charge in [0, 0.05) is 50.1 Å². The second kappa shape index (κ2) is 9.62. The Hall–Kier alpha value is -4.02. The van der Waals surface area contributed by atoms with Crippen LogP contribution in [-0.4, -0.2) is 45.3 Å². The van der Waals surface area contributed by atoms with Crippen LogP contribution < -0.4 is 16.4 Å². The van der Waals surface area contributed by atoms with Gasteiger partial charge in [-0.1, -0.05) is 31.2 Å². The Bertz CT molecular complexity index is 1370. The first-order valence-electron chi connectivity index (χ1n) is 13.1. The number of amides is 1. The van der Waals surface area contributed by atoms with E-state index in [1.54, 1.807) is 6.20 Å². The van der Waals surface area contributed by atoms with Crippen LogP contribution >= 0.6 is 0 Å². The van der Waals surface area contributed by atoms with E-state index in [0.29, 0.717) is 37.3 Å². The van der Waals surface area contributed by atoms with Crippen LogP contribution in [0.2, 0.25) is 0 Å². The number of carbonyl (C=O) groups is 1. The zero-order valence-corrected chi connectivity index (χ0v) is 21.4. The highest BCUT2D eigenvalue weighted by atomic mass is 19.4. The molecule has 11 heteroatoms. The number of nitrogens with one attached hydrogen (secondary N) is 2. The quantitative estimate of drug-likeness (QED) is 0.531. The first-order valence-corrected chi connectivity index (χ1v) is 13.1. The number of rotatable bonds is 5. The molecule has 5 heterocycles. The molecule has 204 valence electrons. The summed E-state index contributed by atoms with van der Waals surface area (Å²) in [5.41, 5.74) is 9.10. The molecule has 4 N–H and O–H groups in total. The first kappa shape index (κ1) is 25.3. The third kappa shape index (κ3) is 4.70. The third-order valence-corrected chi connectivity index (χ3v) is 8.16. The van der Waals surface area contributed by atoms with Gasteiger partial charge in [-0.2, -0.15) is 13.2 Å². The van der Waals surface area contributed by atoms with E-state index >= 15 is 0 Å². The first-order chi connectivity index (χ1) is 18.7. The number of amidine groups is 1. The molecule has 2 unspecified atom stereocenters. The maximum absolute atomic E-state index is 13.0. The summed E-state index contributed by atoms with van der Waals surface area (Å²) in [5, 5.41) is 6.64. The highest BCUT2D eigenvalue weighted by Crippen LogP contribution is 2.40. The monoisotopic (exact) mass is 537 g/mol.